The molecule has 0 bridgehead atoms. The standard InChI is InChI=1S/C17H23N5O2/c1-12(2)23-14-3-4-17(19-10-14)24-13-5-7-22(8-6-13)16-9-15(18)20-11-21-16/h3-4,9-13H,5-8H2,1-2H3,(H2,18,20,21). The van der Waals surface area contributed by atoms with Gasteiger partial charge in [0.15, 0.2) is 0 Å². The summed E-state index contributed by atoms with van der Waals surface area (Å²) in [4.78, 5) is 14.7. The van der Waals surface area contributed by atoms with Crippen LogP contribution < -0.4 is 20.1 Å². The molecule has 0 spiro atoms. The Balaban J connectivity index is 1.52. The van der Waals surface area contributed by atoms with Crippen LogP contribution in [0.3, 0.4) is 0 Å². The summed E-state index contributed by atoms with van der Waals surface area (Å²) < 4.78 is 11.6. The SMILES string of the molecule is CC(C)Oc1ccc(OC2CCN(c3cc(N)ncn3)CC2)nc1. The summed E-state index contributed by atoms with van der Waals surface area (Å²) in [6.45, 7) is 5.72. The highest BCUT2D eigenvalue weighted by Crippen LogP contribution is 2.22. The highest BCUT2D eigenvalue weighted by Gasteiger charge is 2.22. The molecule has 0 aliphatic carbocycles. The number of nitrogens with two attached hydrogens (primary N) is 1. The number of piperidine rings is 1. The quantitative estimate of drug-likeness (QED) is 0.900. The first-order chi connectivity index (χ1) is 11.6. The van der Waals surface area contributed by atoms with E-state index in [-0.39, 0.29) is 12.2 Å². The van der Waals surface area contributed by atoms with Gasteiger partial charge in [-0.1, -0.05) is 0 Å². The Kier molecular flexibility index (Phi) is 4.98. The van der Waals surface area contributed by atoms with Crippen molar-refractivity contribution in [1.82, 2.24) is 15.0 Å². The van der Waals surface area contributed by atoms with Gasteiger partial charge in [0, 0.05) is 38.1 Å². The number of nitrogens with zero attached hydrogens (tertiary/aromatic N) is 4. The van der Waals surface area contributed by atoms with Crippen LogP contribution in [0, 0.1) is 0 Å². The number of rotatable bonds is 5. The van der Waals surface area contributed by atoms with Crippen molar-refractivity contribution < 1.29 is 9.47 Å². The fourth-order valence-electron chi connectivity index (χ4n) is 2.69. The van der Waals surface area contributed by atoms with Gasteiger partial charge in [-0.3, -0.25) is 0 Å². The zero-order valence-electron chi connectivity index (χ0n) is 14.1. The summed E-state index contributed by atoms with van der Waals surface area (Å²) in [6, 6.07) is 5.55. The van der Waals surface area contributed by atoms with Crippen molar-refractivity contribution in [3.05, 3.63) is 30.7 Å². The van der Waals surface area contributed by atoms with Crippen molar-refractivity contribution in [1.29, 1.82) is 0 Å². The van der Waals surface area contributed by atoms with E-state index in [1.165, 1.54) is 6.33 Å². The molecule has 2 aromatic rings. The summed E-state index contributed by atoms with van der Waals surface area (Å²) in [5.74, 6) is 2.75. The minimum Gasteiger partial charge on any atom is -0.489 e. The predicted molar refractivity (Wildman–Crippen MR) is 92.3 cm³/mol. The second-order valence-corrected chi connectivity index (χ2v) is 6.10. The molecule has 3 heterocycles. The monoisotopic (exact) mass is 329 g/mol. The van der Waals surface area contributed by atoms with Gasteiger partial charge in [-0.15, -0.1) is 0 Å². The number of pyridine rings is 1. The molecule has 0 saturated carbocycles. The van der Waals surface area contributed by atoms with Crippen LogP contribution in [0.5, 0.6) is 11.6 Å². The fourth-order valence-corrected chi connectivity index (χ4v) is 2.69. The minimum absolute atomic E-state index is 0.138. The van der Waals surface area contributed by atoms with Gasteiger partial charge in [-0.05, 0) is 19.9 Å². The number of anilines is 2. The van der Waals surface area contributed by atoms with Crippen LogP contribution in [0.1, 0.15) is 26.7 Å². The lowest BCUT2D eigenvalue weighted by atomic mass is 10.1. The molecule has 7 heteroatoms. The molecule has 24 heavy (non-hydrogen) atoms. The van der Waals surface area contributed by atoms with Crippen LogP contribution in [0.4, 0.5) is 11.6 Å². The van der Waals surface area contributed by atoms with Gasteiger partial charge in [0.1, 0.15) is 29.8 Å². The van der Waals surface area contributed by atoms with Crippen LogP contribution >= 0.6 is 0 Å². The third kappa shape index (κ3) is 4.24. The normalized spacial score (nSPS) is 15.5. The lowest BCUT2D eigenvalue weighted by Crippen LogP contribution is -2.38. The molecule has 1 saturated heterocycles. The Bertz CT molecular complexity index is 654. The lowest BCUT2D eigenvalue weighted by molar-refractivity contribution is 0.163. The average Bonchev–Trinajstić information content (AvgIpc) is 2.57. The van der Waals surface area contributed by atoms with Gasteiger partial charge in [0.2, 0.25) is 5.88 Å². The molecule has 7 nitrogen and oxygen atoms in total. The molecule has 1 aliphatic rings. The maximum Gasteiger partial charge on any atom is 0.213 e. The van der Waals surface area contributed by atoms with Crippen molar-refractivity contribution in [2.45, 2.75) is 38.9 Å². The third-order valence-corrected chi connectivity index (χ3v) is 3.81. The van der Waals surface area contributed by atoms with E-state index in [4.69, 9.17) is 15.2 Å². The first kappa shape index (κ1) is 16.3. The fraction of sp³-hybridized carbons (Fsp3) is 0.471. The highest BCUT2D eigenvalue weighted by atomic mass is 16.5. The molecule has 0 unspecified atom stereocenters. The van der Waals surface area contributed by atoms with Crippen LogP contribution in [-0.2, 0) is 0 Å². The van der Waals surface area contributed by atoms with Gasteiger partial charge in [-0.2, -0.15) is 0 Å². The molecule has 2 N–H and O–H groups in total. The maximum absolute atomic E-state index is 5.97. The van der Waals surface area contributed by atoms with E-state index in [9.17, 15) is 0 Å². The molecule has 0 atom stereocenters. The zero-order chi connectivity index (χ0) is 16.9. The van der Waals surface area contributed by atoms with Gasteiger partial charge >= 0.3 is 0 Å². The van der Waals surface area contributed by atoms with E-state index in [2.05, 4.69) is 19.9 Å². The second-order valence-electron chi connectivity index (χ2n) is 6.10. The number of nitrogen functional groups attached to an aromatic ring is 1. The Morgan fingerprint density at radius 2 is 1.96 bits per heavy atom. The zero-order valence-corrected chi connectivity index (χ0v) is 14.1. The lowest BCUT2D eigenvalue weighted by Gasteiger charge is -2.32. The van der Waals surface area contributed by atoms with Crippen LogP contribution in [0.15, 0.2) is 30.7 Å². The maximum atomic E-state index is 5.97. The smallest absolute Gasteiger partial charge is 0.213 e. The number of hydrogen-bond acceptors (Lipinski definition) is 7. The topological polar surface area (TPSA) is 86.4 Å². The first-order valence-electron chi connectivity index (χ1n) is 8.22. The van der Waals surface area contributed by atoms with Crippen molar-refractivity contribution in [2.75, 3.05) is 23.7 Å². The van der Waals surface area contributed by atoms with Gasteiger partial charge in [0.05, 0.1) is 12.3 Å². The van der Waals surface area contributed by atoms with E-state index in [1.807, 2.05) is 26.0 Å². The summed E-state index contributed by atoms with van der Waals surface area (Å²) >= 11 is 0. The molecular weight excluding hydrogens is 306 g/mol. The molecule has 2 aromatic heterocycles. The van der Waals surface area contributed by atoms with Crippen LogP contribution in [0.2, 0.25) is 0 Å². The van der Waals surface area contributed by atoms with Gasteiger partial charge in [-0.25, -0.2) is 15.0 Å². The van der Waals surface area contributed by atoms with E-state index in [0.29, 0.717) is 11.7 Å². The molecule has 1 aliphatic heterocycles. The van der Waals surface area contributed by atoms with Crippen molar-refractivity contribution >= 4 is 11.6 Å². The van der Waals surface area contributed by atoms with Crippen LogP contribution in [-0.4, -0.2) is 40.2 Å². The largest absolute Gasteiger partial charge is 0.489 e. The number of hydrogen-bond donors (Lipinski definition) is 1. The van der Waals surface area contributed by atoms with Gasteiger partial charge in [0.25, 0.3) is 0 Å². The second kappa shape index (κ2) is 7.33. The van der Waals surface area contributed by atoms with E-state index < -0.39 is 0 Å². The molecular formula is C17H23N5O2. The molecule has 3 rings (SSSR count). The Morgan fingerprint density at radius 3 is 2.58 bits per heavy atom. The molecule has 0 amide bonds. The number of aromatic nitrogens is 3. The van der Waals surface area contributed by atoms with Crippen molar-refractivity contribution in [3.63, 3.8) is 0 Å². The molecule has 0 aromatic carbocycles. The summed E-state index contributed by atoms with van der Waals surface area (Å²) in [5.41, 5.74) is 5.72. The Hall–Kier alpha value is -2.57. The predicted octanol–water partition coefficient (Wildman–Crippen LogP) is 2.29. The van der Waals surface area contributed by atoms with Crippen molar-refractivity contribution in [2.24, 2.45) is 0 Å². The van der Waals surface area contributed by atoms with Gasteiger partial charge < -0.3 is 20.1 Å². The highest BCUT2D eigenvalue weighted by molar-refractivity contribution is 5.46. The van der Waals surface area contributed by atoms with E-state index >= 15 is 0 Å². The third-order valence-electron chi connectivity index (χ3n) is 3.81. The average molecular weight is 329 g/mol. The minimum atomic E-state index is 0.138. The first-order valence-corrected chi connectivity index (χ1v) is 8.22. The molecule has 128 valence electrons. The van der Waals surface area contributed by atoms with Crippen LogP contribution in [0.25, 0.3) is 0 Å². The van der Waals surface area contributed by atoms with E-state index in [1.54, 1.807) is 12.3 Å². The van der Waals surface area contributed by atoms with Crippen molar-refractivity contribution in [3.8, 4) is 11.6 Å². The van der Waals surface area contributed by atoms with E-state index in [0.717, 1.165) is 37.5 Å². The summed E-state index contributed by atoms with van der Waals surface area (Å²) in [7, 11) is 0. The Morgan fingerprint density at radius 1 is 1.17 bits per heavy atom. The number of ether oxygens (including phenoxy) is 2. The molecule has 0 radical (unpaired) electrons. The Labute approximate surface area is 141 Å². The summed E-state index contributed by atoms with van der Waals surface area (Å²) in [5, 5.41) is 0. The molecule has 1 fully saturated rings. The summed E-state index contributed by atoms with van der Waals surface area (Å²) in [6.07, 6.45) is 5.32.